The van der Waals surface area contributed by atoms with Crippen LogP contribution in [0, 0.1) is 5.92 Å². The topological polar surface area (TPSA) is 69.6 Å². The van der Waals surface area contributed by atoms with E-state index in [1.165, 1.54) is 0 Å². The number of hydrogen-bond acceptors (Lipinski definition) is 3. The first-order chi connectivity index (χ1) is 9.17. The molecular weight excluding hydrogens is 244 g/mol. The van der Waals surface area contributed by atoms with Crippen molar-refractivity contribution < 1.29 is 14.7 Å². The summed E-state index contributed by atoms with van der Waals surface area (Å²) in [6, 6.07) is -0.281. The highest BCUT2D eigenvalue weighted by molar-refractivity contribution is 5.90. The zero-order chi connectivity index (χ0) is 13.8. The second kappa shape index (κ2) is 6.37. The van der Waals surface area contributed by atoms with Crippen LogP contribution in [0.5, 0.6) is 0 Å². The summed E-state index contributed by atoms with van der Waals surface area (Å²) in [4.78, 5) is 26.1. The van der Waals surface area contributed by atoms with Crippen molar-refractivity contribution >= 4 is 11.8 Å². The minimum atomic E-state index is -0.291. The molecule has 2 fully saturated rings. The lowest BCUT2D eigenvalue weighted by molar-refractivity contribution is -0.139. The lowest BCUT2D eigenvalue weighted by atomic mass is 10.1. The summed E-state index contributed by atoms with van der Waals surface area (Å²) in [5, 5.41) is 11.9. The predicted molar refractivity (Wildman–Crippen MR) is 71.4 cm³/mol. The molecule has 1 saturated heterocycles. The van der Waals surface area contributed by atoms with E-state index >= 15 is 0 Å². The molecule has 19 heavy (non-hydrogen) atoms. The van der Waals surface area contributed by atoms with Gasteiger partial charge in [-0.05, 0) is 38.5 Å². The van der Waals surface area contributed by atoms with E-state index in [-0.39, 0.29) is 36.4 Å². The molecule has 5 heteroatoms. The van der Waals surface area contributed by atoms with Crippen LogP contribution in [-0.4, -0.2) is 47.1 Å². The van der Waals surface area contributed by atoms with Crippen LogP contribution in [0.2, 0.25) is 0 Å². The number of nitrogens with zero attached hydrogens (tertiary/aromatic N) is 1. The van der Waals surface area contributed by atoms with Crippen molar-refractivity contribution in [1.82, 2.24) is 10.2 Å². The van der Waals surface area contributed by atoms with Gasteiger partial charge in [-0.25, -0.2) is 0 Å². The Morgan fingerprint density at radius 1 is 1.37 bits per heavy atom. The summed E-state index contributed by atoms with van der Waals surface area (Å²) in [6.07, 6.45) is 5.01. The number of nitrogens with one attached hydrogen (secondary N) is 1. The Bertz CT molecular complexity index is 342. The van der Waals surface area contributed by atoms with Gasteiger partial charge in [0.15, 0.2) is 0 Å². The lowest BCUT2D eigenvalue weighted by Crippen LogP contribution is -2.49. The number of aliphatic hydroxyl groups excluding tert-OH is 1. The van der Waals surface area contributed by atoms with Gasteiger partial charge in [-0.2, -0.15) is 0 Å². The molecule has 1 heterocycles. The van der Waals surface area contributed by atoms with Gasteiger partial charge >= 0.3 is 0 Å². The number of rotatable bonds is 6. The molecule has 1 saturated carbocycles. The molecule has 108 valence electrons. The molecule has 2 aliphatic rings. The summed E-state index contributed by atoms with van der Waals surface area (Å²) in [7, 11) is 0. The molecule has 1 aliphatic heterocycles. The monoisotopic (exact) mass is 268 g/mol. The van der Waals surface area contributed by atoms with Crippen molar-refractivity contribution in [2.75, 3.05) is 13.2 Å². The fourth-order valence-electron chi connectivity index (χ4n) is 2.70. The molecule has 2 N–H and O–H groups in total. The normalized spacial score (nSPS) is 24.3. The van der Waals surface area contributed by atoms with Gasteiger partial charge in [0, 0.05) is 25.1 Å². The van der Waals surface area contributed by atoms with Crippen LogP contribution in [-0.2, 0) is 9.59 Å². The molecule has 2 unspecified atom stereocenters. The maximum Gasteiger partial charge on any atom is 0.243 e. The summed E-state index contributed by atoms with van der Waals surface area (Å²) in [6.45, 7) is 2.78. The van der Waals surface area contributed by atoms with Crippen molar-refractivity contribution in [2.24, 2.45) is 5.92 Å². The summed E-state index contributed by atoms with van der Waals surface area (Å²) >= 11 is 0. The second-order valence-corrected chi connectivity index (χ2v) is 5.59. The van der Waals surface area contributed by atoms with Gasteiger partial charge in [0.1, 0.15) is 6.04 Å². The average molecular weight is 268 g/mol. The Hall–Kier alpha value is -1.10. The first-order valence-electron chi connectivity index (χ1n) is 7.39. The number of likely N-dealkylation sites (tertiary alicyclic amines) is 1. The van der Waals surface area contributed by atoms with E-state index in [0.29, 0.717) is 13.0 Å². The van der Waals surface area contributed by atoms with Crippen molar-refractivity contribution in [1.29, 1.82) is 0 Å². The fraction of sp³-hybridized carbons (Fsp3) is 0.857. The first-order valence-corrected chi connectivity index (χ1v) is 7.39. The van der Waals surface area contributed by atoms with E-state index in [0.717, 1.165) is 32.1 Å². The Balaban J connectivity index is 1.91. The maximum atomic E-state index is 12.3. The fourth-order valence-corrected chi connectivity index (χ4v) is 2.70. The molecule has 5 nitrogen and oxygen atoms in total. The van der Waals surface area contributed by atoms with Gasteiger partial charge in [0.05, 0.1) is 0 Å². The van der Waals surface area contributed by atoms with Gasteiger partial charge in [-0.3, -0.25) is 9.59 Å². The van der Waals surface area contributed by atoms with E-state index < -0.39 is 0 Å². The molecule has 0 aromatic carbocycles. The van der Waals surface area contributed by atoms with E-state index in [9.17, 15) is 9.59 Å². The van der Waals surface area contributed by atoms with Crippen LogP contribution in [0.1, 0.15) is 45.4 Å². The second-order valence-electron chi connectivity index (χ2n) is 5.59. The molecule has 2 amide bonds. The molecule has 2 atom stereocenters. The molecule has 0 aromatic heterocycles. The predicted octanol–water partition coefficient (Wildman–Crippen LogP) is 0.665. The van der Waals surface area contributed by atoms with Gasteiger partial charge in [-0.15, -0.1) is 0 Å². The van der Waals surface area contributed by atoms with Crippen molar-refractivity contribution in [3.8, 4) is 0 Å². The highest BCUT2D eigenvalue weighted by atomic mass is 16.3. The Morgan fingerprint density at radius 2 is 2.11 bits per heavy atom. The molecule has 0 radical (unpaired) electrons. The zero-order valence-electron chi connectivity index (χ0n) is 11.6. The highest BCUT2D eigenvalue weighted by Crippen LogP contribution is 2.33. The number of carbonyl (C=O) groups excluding carboxylic acids is 2. The molecule has 0 bridgehead atoms. The molecule has 0 aromatic rings. The van der Waals surface area contributed by atoms with Crippen LogP contribution in [0.15, 0.2) is 0 Å². The summed E-state index contributed by atoms with van der Waals surface area (Å²) < 4.78 is 0. The summed E-state index contributed by atoms with van der Waals surface area (Å²) in [5.74, 6) is 0.285. The smallest absolute Gasteiger partial charge is 0.243 e. The molecular formula is C14H24N2O3. The van der Waals surface area contributed by atoms with Gasteiger partial charge < -0.3 is 15.3 Å². The lowest BCUT2D eigenvalue weighted by Gasteiger charge is -2.26. The highest BCUT2D eigenvalue weighted by Gasteiger charge is 2.40. The number of amides is 2. The zero-order valence-corrected chi connectivity index (χ0v) is 11.6. The largest absolute Gasteiger partial charge is 0.396 e. The standard InChI is InChI=1S/C14H24N2O3/c1-2-11(7-9-17)15-13(18)12-4-3-8-16(12)14(19)10-5-6-10/h10-12,17H,2-9H2,1H3,(H,15,18). The van der Waals surface area contributed by atoms with Crippen LogP contribution in [0.25, 0.3) is 0 Å². The summed E-state index contributed by atoms with van der Waals surface area (Å²) in [5.41, 5.74) is 0. The number of carbonyl (C=O) groups is 2. The Morgan fingerprint density at radius 3 is 2.68 bits per heavy atom. The Kier molecular flexibility index (Phi) is 4.80. The van der Waals surface area contributed by atoms with E-state index in [2.05, 4.69) is 5.32 Å². The van der Waals surface area contributed by atoms with Crippen LogP contribution in [0.4, 0.5) is 0 Å². The maximum absolute atomic E-state index is 12.3. The van der Waals surface area contributed by atoms with E-state index in [1.807, 2.05) is 6.92 Å². The van der Waals surface area contributed by atoms with Gasteiger partial charge in [-0.1, -0.05) is 6.92 Å². The van der Waals surface area contributed by atoms with E-state index in [4.69, 9.17) is 5.11 Å². The third-order valence-electron chi connectivity index (χ3n) is 4.08. The minimum absolute atomic E-state index is 0.0102. The van der Waals surface area contributed by atoms with Crippen molar-refractivity contribution in [2.45, 2.75) is 57.5 Å². The molecule has 0 spiro atoms. The average Bonchev–Trinajstić information content (AvgIpc) is 3.14. The van der Waals surface area contributed by atoms with Gasteiger partial charge in [0.25, 0.3) is 0 Å². The third kappa shape index (κ3) is 3.47. The van der Waals surface area contributed by atoms with E-state index in [1.54, 1.807) is 4.90 Å². The van der Waals surface area contributed by atoms with Crippen LogP contribution in [0.3, 0.4) is 0 Å². The molecule has 1 aliphatic carbocycles. The SMILES string of the molecule is CCC(CCO)NC(=O)C1CCCN1C(=O)C1CC1. The minimum Gasteiger partial charge on any atom is -0.396 e. The van der Waals surface area contributed by atoms with Crippen LogP contribution < -0.4 is 5.32 Å². The third-order valence-corrected chi connectivity index (χ3v) is 4.08. The quantitative estimate of drug-likeness (QED) is 0.743. The van der Waals surface area contributed by atoms with Crippen molar-refractivity contribution in [3.63, 3.8) is 0 Å². The number of aliphatic hydroxyl groups is 1. The molecule has 2 rings (SSSR count). The number of hydrogen-bond donors (Lipinski definition) is 2. The van der Waals surface area contributed by atoms with Gasteiger partial charge in [0.2, 0.25) is 11.8 Å². The Labute approximate surface area is 114 Å². The van der Waals surface area contributed by atoms with Crippen LogP contribution >= 0.6 is 0 Å². The van der Waals surface area contributed by atoms with Crippen molar-refractivity contribution in [3.05, 3.63) is 0 Å². The first kappa shape index (κ1) is 14.3.